The van der Waals surface area contributed by atoms with Crippen molar-refractivity contribution in [1.29, 1.82) is 10.5 Å². The summed E-state index contributed by atoms with van der Waals surface area (Å²) in [6, 6.07) is 10.2. The Morgan fingerprint density at radius 1 is 1.35 bits per heavy atom. The van der Waals surface area contributed by atoms with Crippen LogP contribution in [0.2, 0.25) is 0 Å². The topological polar surface area (TPSA) is 73.9 Å². The highest BCUT2D eigenvalue weighted by atomic mass is 16.5. The second-order valence-electron chi connectivity index (χ2n) is 3.09. The monoisotopic (exact) mass is 226 g/mol. The molecule has 1 aromatic rings. The van der Waals surface area contributed by atoms with Crippen molar-refractivity contribution in [2.24, 2.45) is 0 Å². The summed E-state index contributed by atoms with van der Waals surface area (Å²) in [6.45, 7) is 1.99. The number of carbonyl (C=O) groups is 1. The zero-order valence-corrected chi connectivity index (χ0v) is 9.30. The average molecular weight is 226 g/mol. The summed E-state index contributed by atoms with van der Waals surface area (Å²) in [5.74, 6) is -0.463. The van der Waals surface area contributed by atoms with Crippen LogP contribution in [0.15, 0.2) is 29.8 Å². The van der Waals surface area contributed by atoms with Crippen LogP contribution in [0.1, 0.15) is 22.8 Å². The van der Waals surface area contributed by atoms with Crippen molar-refractivity contribution < 1.29 is 9.53 Å². The number of hydrogen-bond acceptors (Lipinski definition) is 4. The van der Waals surface area contributed by atoms with Gasteiger partial charge in [0.1, 0.15) is 17.7 Å². The number of allylic oxidation sites excluding steroid dienone is 1. The van der Waals surface area contributed by atoms with Crippen LogP contribution in [0.5, 0.6) is 0 Å². The number of benzene rings is 1. The quantitative estimate of drug-likeness (QED) is 0.585. The van der Waals surface area contributed by atoms with Crippen LogP contribution in [0.4, 0.5) is 0 Å². The normalized spacial score (nSPS) is 8.65. The summed E-state index contributed by atoms with van der Waals surface area (Å²) >= 11 is 0. The van der Waals surface area contributed by atoms with Crippen molar-refractivity contribution in [2.75, 3.05) is 6.61 Å². The molecule has 0 N–H and O–H groups in total. The molecule has 0 aliphatic heterocycles. The van der Waals surface area contributed by atoms with Crippen LogP contribution in [-0.2, 0) is 4.74 Å². The number of carbonyl (C=O) groups excluding carboxylic acids is 1. The minimum Gasteiger partial charge on any atom is -0.462 e. The average Bonchev–Trinajstić information content (AvgIpc) is 2.36. The molecule has 0 radical (unpaired) electrons. The third-order valence-electron chi connectivity index (χ3n) is 2.00. The number of rotatable bonds is 3. The molecule has 4 heteroatoms. The highest BCUT2D eigenvalue weighted by Crippen LogP contribution is 2.14. The highest BCUT2D eigenvalue weighted by molar-refractivity contribution is 5.94. The Kier molecular flexibility index (Phi) is 4.47. The van der Waals surface area contributed by atoms with Gasteiger partial charge < -0.3 is 4.74 Å². The SMILES string of the molecule is CCOC(=O)c1ccccc1C=C(C#N)C#N. The van der Waals surface area contributed by atoms with Gasteiger partial charge in [-0.15, -0.1) is 0 Å². The van der Waals surface area contributed by atoms with Gasteiger partial charge >= 0.3 is 5.97 Å². The van der Waals surface area contributed by atoms with E-state index in [0.29, 0.717) is 11.1 Å². The predicted octanol–water partition coefficient (Wildman–Crippen LogP) is 2.29. The maximum atomic E-state index is 11.6. The number of nitriles is 2. The van der Waals surface area contributed by atoms with Gasteiger partial charge in [-0.1, -0.05) is 18.2 Å². The van der Waals surface area contributed by atoms with Crippen molar-refractivity contribution in [1.82, 2.24) is 0 Å². The summed E-state index contributed by atoms with van der Waals surface area (Å²) in [6.07, 6.45) is 1.37. The van der Waals surface area contributed by atoms with Gasteiger partial charge in [0.15, 0.2) is 0 Å². The minimum atomic E-state index is -0.463. The molecule has 0 amide bonds. The summed E-state index contributed by atoms with van der Waals surface area (Å²) in [5, 5.41) is 17.3. The number of ether oxygens (including phenoxy) is 1. The van der Waals surface area contributed by atoms with Crippen molar-refractivity contribution in [3.8, 4) is 12.1 Å². The molecular formula is C13H10N2O2. The fraction of sp³-hybridized carbons (Fsp3) is 0.154. The lowest BCUT2D eigenvalue weighted by atomic mass is 10.1. The lowest BCUT2D eigenvalue weighted by molar-refractivity contribution is 0.0526. The first kappa shape index (κ1) is 12.5. The van der Waals surface area contributed by atoms with Crippen LogP contribution in [0.25, 0.3) is 6.08 Å². The molecule has 0 aliphatic carbocycles. The lowest BCUT2D eigenvalue weighted by Crippen LogP contribution is -2.06. The van der Waals surface area contributed by atoms with Gasteiger partial charge in [0.05, 0.1) is 12.2 Å². The molecule has 0 bridgehead atoms. The van der Waals surface area contributed by atoms with Crippen LogP contribution < -0.4 is 0 Å². The summed E-state index contributed by atoms with van der Waals surface area (Å²) in [4.78, 5) is 11.6. The number of esters is 1. The smallest absolute Gasteiger partial charge is 0.338 e. The largest absolute Gasteiger partial charge is 0.462 e. The molecule has 0 saturated carbocycles. The van der Waals surface area contributed by atoms with E-state index in [1.807, 2.05) is 0 Å². The van der Waals surface area contributed by atoms with E-state index in [-0.39, 0.29) is 12.2 Å². The summed E-state index contributed by atoms with van der Waals surface area (Å²) in [5.41, 5.74) is 0.795. The van der Waals surface area contributed by atoms with E-state index in [4.69, 9.17) is 15.3 Å². The first-order valence-electron chi connectivity index (χ1n) is 5.01. The van der Waals surface area contributed by atoms with Gasteiger partial charge in [0.25, 0.3) is 0 Å². The van der Waals surface area contributed by atoms with Crippen LogP contribution in [0, 0.1) is 22.7 Å². The molecule has 0 spiro atoms. The van der Waals surface area contributed by atoms with E-state index >= 15 is 0 Å². The highest BCUT2D eigenvalue weighted by Gasteiger charge is 2.10. The first-order valence-corrected chi connectivity index (χ1v) is 5.01. The van der Waals surface area contributed by atoms with Crippen molar-refractivity contribution in [3.63, 3.8) is 0 Å². The summed E-state index contributed by atoms with van der Waals surface area (Å²) in [7, 11) is 0. The Bertz CT molecular complexity index is 517. The molecule has 0 unspecified atom stereocenters. The Hall–Kier alpha value is -2.59. The molecule has 0 saturated heterocycles. The third kappa shape index (κ3) is 3.19. The first-order chi connectivity index (χ1) is 8.22. The molecule has 84 valence electrons. The van der Waals surface area contributed by atoms with E-state index in [0.717, 1.165) is 0 Å². The lowest BCUT2D eigenvalue weighted by Gasteiger charge is -2.04. The van der Waals surface area contributed by atoms with Crippen molar-refractivity contribution in [3.05, 3.63) is 41.0 Å². The number of hydrogen-bond donors (Lipinski definition) is 0. The van der Waals surface area contributed by atoms with Gasteiger partial charge in [-0.05, 0) is 24.6 Å². The fourth-order valence-electron chi connectivity index (χ4n) is 1.26. The van der Waals surface area contributed by atoms with E-state index in [9.17, 15) is 4.79 Å². The number of nitrogens with zero attached hydrogens (tertiary/aromatic N) is 2. The van der Waals surface area contributed by atoms with Crippen LogP contribution >= 0.6 is 0 Å². The van der Waals surface area contributed by atoms with Crippen LogP contribution in [0.3, 0.4) is 0 Å². The van der Waals surface area contributed by atoms with Crippen molar-refractivity contribution >= 4 is 12.0 Å². The van der Waals surface area contributed by atoms with Gasteiger partial charge in [-0.2, -0.15) is 10.5 Å². The van der Waals surface area contributed by atoms with E-state index in [1.54, 1.807) is 43.3 Å². The van der Waals surface area contributed by atoms with E-state index in [2.05, 4.69) is 0 Å². The molecule has 17 heavy (non-hydrogen) atoms. The molecule has 0 aliphatic rings. The third-order valence-corrected chi connectivity index (χ3v) is 2.00. The van der Waals surface area contributed by atoms with Gasteiger partial charge in [0, 0.05) is 0 Å². The molecule has 0 atom stereocenters. The maximum Gasteiger partial charge on any atom is 0.338 e. The molecule has 0 heterocycles. The molecular weight excluding hydrogens is 216 g/mol. The Balaban J connectivity index is 3.19. The standard InChI is InChI=1S/C13H10N2O2/c1-2-17-13(16)12-6-4-3-5-11(12)7-10(8-14)9-15/h3-7H,2H2,1H3. The van der Waals surface area contributed by atoms with E-state index in [1.165, 1.54) is 6.08 Å². The zero-order valence-electron chi connectivity index (χ0n) is 9.30. The van der Waals surface area contributed by atoms with Gasteiger partial charge in [-0.3, -0.25) is 0 Å². The fourth-order valence-corrected chi connectivity index (χ4v) is 1.26. The van der Waals surface area contributed by atoms with Crippen LogP contribution in [-0.4, -0.2) is 12.6 Å². The molecule has 1 rings (SSSR count). The molecule has 0 fully saturated rings. The predicted molar refractivity (Wildman–Crippen MR) is 61.6 cm³/mol. The molecule has 1 aromatic carbocycles. The second kappa shape index (κ2) is 6.09. The Morgan fingerprint density at radius 2 is 2.00 bits per heavy atom. The molecule has 4 nitrogen and oxygen atoms in total. The van der Waals surface area contributed by atoms with E-state index < -0.39 is 5.97 Å². The summed E-state index contributed by atoms with van der Waals surface area (Å²) < 4.78 is 4.88. The maximum absolute atomic E-state index is 11.6. The van der Waals surface area contributed by atoms with Gasteiger partial charge in [0.2, 0.25) is 0 Å². The zero-order chi connectivity index (χ0) is 12.7. The van der Waals surface area contributed by atoms with Gasteiger partial charge in [-0.25, -0.2) is 4.79 Å². The Morgan fingerprint density at radius 3 is 2.59 bits per heavy atom. The minimum absolute atomic E-state index is 0.0539. The molecule has 0 aromatic heterocycles. The second-order valence-corrected chi connectivity index (χ2v) is 3.09. The van der Waals surface area contributed by atoms with Crippen molar-refractivity contribution in [2.45, 2.75) is 6.92 Å². The Labute approximate surface area is 99.4 Å².